The number of hydrogen-bond acceptors (Lipinski definition) is 5. The first-order valence-corrected chi connectivity index (χ1v) is 9.44. The lowest BCUT2D eigenvalue weighted by Crippen LogP contribution is -2.32. The Morgan fingerprint density at radius 1 is 1.21 bits per heavy atom. The van der Waals surface area contributed by atoms with Gasteiger partial charge in [0.15, 0.2) is 22.6 Å². The van der Waals surface area contributed by atoms with E-state index in [1.54, 1.807) is 18.1 Å². The second-order valence-corrected chi connectivity index (χ2v) is 7.63. The lowest BCUT2D eigenvalue weighted by Gasteiger charge is -2.30. The number of carbonyl (C=O) groups is 1. The van der Waals surface area contributed by atoms with Crippen LogP contribution in [0.2, 0.25) is 0 Å². The van der Waals surface area contributed by atoms with E-state index in [9.17, 15) is 18.0 Å². The Kier molecular flexibility index (Phi) is 4.84. The van der Waals surface area contributed by atoms with Gasteiger partial charge in [-0.3, -0.25) is 4.79 Å². The van der Waals surface area contributed by atoms with E-state index in [4.69, 9.17) is 0 Å². The number of rotatable bonds is 3. The molecule has 2 atom stereocenters. The molecule has 9 heteroatoms. The molecule has 2 unspecified atom stereocenters. The predicted molar refractivity (Wildman–Crippen MR) is 103 cm³/mol. The van der Waals surface area contributed by atoms with E-state index in [-0.39, 0.29) is 6.04 Å². The van der Waals surface area contributed by atoms with E-state index in [0.717, 1.165) is 41.6 Å². The number of para-hydroxylation sites is 1. The highest BCUT2D eigenvalue weighted by atomic mass is 32.2. The number of hydrogen-bond donors (Lipinski definition) is 1. The van der Waals surface area contributed by atoms with Crippen molar-refractivity contribution < 1.29 is 18.0 Å². The van der Waals surface area contributed by atoms with Gasteiger partial charge in [-0.15, -0.1) is 0 Å². The summed E-state index contributed by atoms with van der Waals surface area (Å²) in [7, 11) is 0. The van der Waals surface area contributed by atoms with Gasteiger partial charge < -0.3 is 5.32 Å². The van der Waals surface area contributed by atoms with Crippen molar-refractivity contribution in [3.8, 4) is 0 Å². The quantitative estimate of drug-likeness (QED) is 0.761. The number of carbonyl (C=O) groups excluding carboxylic acids is 1. The molecule has 2 aliphatic rings. The summed E-state index contributed by atoms with van der Waals surface area (Å²) in [5.41, 5.74) is 1.46. The van der Waals surface area contributed by atoms with E-state index >= 15 is 0 Å². The van der Waals surface area contributed by atoms with Crippen molar-refractivity contribution in [1.82, 2.24) is 5.01 Å². The second kappa shape index (κ2) is 7.31. The molecule has 0 saturated heterocycles. The molecule has 0 aromatic heterocycles. The zero-order valence-electron chi connectivity index (χ0n) is 14.7. The normalized spacial score (nSPS) is 18.4. The fraction of sp³-hybridized carbons (Fsp3) is 0.211. The average molecular weight is 404 g/mol. The molecule has 0 aliphatic carbocycles. The Labute approximate surface area is 163 Å². The van der Waals surface area contributed by atoms with Crippen molar-refractivity contribution in [3.63, 3.8) is 0 Å². The third kappa shape index (κ3) is 3.26. The fourth-order valence-electron chi connectivity index (χ4n) is 3.03. The SMILES string of the molecule is CC(SC1=Nc2ccccc2C2CC=NN12)C(=O)Nc1ccc(F)c(F)c1F. The van der Waals surface area contributed by atoms with Crippen LogP contribution in [0.1, 0.15) is 24.9 Å². The van der Waals surface area contributed by atoms with Gasteiger partial charge in [0, 0.05) is 18.2 Å². The third-order valence-electron chi connectivity index (χ3n) is 4.48. The van der Waals surface area contributed by atoms with Crippen molar-refractivity contribution in [2.45, 2.75) is 24.6 Å². The molecule has 0 radical (unpaired) electrons. The number of fused-ring (bicyclic) bond motifs is 3. The molecule has 1 N–H and O–H groups in total. The van der Waals surface area contributed by atoms with Gasteiger partial charge in [0.2, 0.25) is 5.91 Å². The Morgan fingerprint density at radius 2 is 2.00 bits per heavy atom. The molecule has 0 fully saturated rings. The first kappa shape index (κ1) is 18.5. The smallest absolute Gasteiger partial charge is 0.237 e. The number of thioether (sulfide) groups is 1. The highest BCUT2D eigenvalue weighted by molar-refractivity contribution is 8.14. The van der Waals surface area contributed by atoms with Gasteiger partial charge in [-0.2, -0.15) is 5.10 Å². The number of aliphatic imine (C=N–C) groups is 1. The molecule has 0 bridgehead atoms. The lowest BCUT2D eigenvalue weighted by molar-refractivity contribution is -0.115. The molecule has 2 aromatic carbocycles. The molecule has 0 saturated carbocycles. The number of amides is 1. The van der Waals surface area contributed by atoms with Crippen LogP contribution in [0.4, 0.5) is 24.5 Å². The molecule has 2 aliphatic heterocycles. The van der Waals surface area contributed by atoms with Crippen LogP contribution in [0, 0.1) is 17.5 Å². The highest BCUT2D eigenvalue weighted by Crippen LogP contribution is 2.41. The first-order valence-electron chi connectivity index (χ1n) is 8.56. The minimum atomic E-state index is -1.62. The van der Waals surface area contributed by atoms with Crippen molar-refractivity contribution in [2.24, 2.45) is 10.1 Å². The summed E-state index contributed by atoms with van der Waals surface area (Å²) in [5.74, 6) is -4.93. The van der Waals surface area contributed by atoms with E-state index in [1.807, 2.05) is 24.3 Å². The van der Waals surface area contributed by atoms with Crippen LogP contribution in [-0.2, 0) is 4.79 Å². The van der Waals surface area contributed by atoms with E-state index < -0.39 is 34.3 Å². The molecule has 5 nitrogen and oxygen atoms in total. The Morgan fingerprint density at radius 3 is 2.82 bits per heavy atom. The summed E-state index contributed by atoms with van der Waals surface area (Å²) in [6.45, 7) is 1.62. The largest absolute Gasteiger partial charge is 0.323 e. The summed E-state index contributed by atoms with van der Waals surface area (Å²) in [4.78, 5) is 17.0. The third-order valence-corrected chi connectivity index (χ3v) is 5.54. The molecule has 144 valence electrons. The first-order chi connectivity index (χ1) is 13.5. The summed E-state index contributed by atoms with van der Waals surface area (Å²) in [6.07, 6.45) is 2.53. The second-order valence-electron chi connectivity index (χ2n) is 6.32. The monoisotopic (exact) mass is 404 g/mol. The maximum absolute atomic E-state index is 13.8. The summed E-state index contributed by atoms with van der Waals surface area (Å²) < 4.78 is 40.2. The zero-order chi connectivity index (χ0) is 19.8. The van der Waals surface area contributed by atoms with Gasteiger partial charge in [0.1, 0.15) is 0 Å². The highest BCUT2D eigenvalue weighted by Gasteiger charge is 2.34. The summed E-state index contributed by atoms with van der Waals surface area (Å²) >= 11 is 1.16. The number of benzene rings is 2. The van der Waals surface area contributed by atoms with E-state index in [2.05, 4.69) is 15.4 Å². The van der Waals surface area contributed by atoms with Crippen molar-refractivity contribution in [2.75, 3.05) is 5.32 Å². The fourth-order valence-corrected chi connectivity index (χ4v) is 3.95. The molecule has 28 heavy (non-hydrogen) atoms. The molecular weight excluding hydrogens is 389 g/mol. The van der Waals surface area contributed by atoms with E-state index in [0.29, 0.717) is 5.17 Å². The Balaban J connectivity index is 1.52. The molecule has 1 amide bonds. The van der Waals surface area contributed by atoms with Gasteiger partial charge in [-0.1, -0.05) is 30.0 Å². The van der Waals surface area contributed by atoms with Gasteiger partial charge in [0.25, 0.3) is 0 Å². The average Bonchev–Trinajstić information content (AvgIpc) is 3.19. The van der Waals surface area contributed by atoms with Crippen LogP contribution < -0.4 is 5.32 Å². The number of hydrazone groups is 1. The standard InChI is InChI=1S/C19H15F3N4OS/c1-10(18(27)24-14-7-6-12(20)16(21)17(14)22)28-19-25-13-5-3-2-4-11(13)15-8-9-23-26(15)19/h2-7,9-10,15H,8H2,1H3,(H,24,27). The van der Waals surface area contributed by atoms with E-state index in [1.165, 1.54) is 0 Å². The maximum Gasteiger partial charge on any atom is 0.237 e. The van der Waals surface area contributed by atoms with Crippen LogP contribution in [0.25, 0.3) is 0 Å². The molecule has 2 heterocycles. The predicted octanol–water partition coefficient (Wildman–Crippen LogP) is 4.60. The zero-order valence-corrected chi connectivity index (χ0v) is 15.5. The van der Waals surface area contributed by atoms with Gasteiger partial charge in [-0.25, -0.2) is 23.2 Å². The van der Waals surface area contributed by atoms with Crippen molar-refractivity contribution in [1.29, 1.82) is 0 Å². The minimum Gasteiger partial charge on any atom is -0.323 e. The minimum absolute atomic E-state index is 0.0232. The van der Waals surface area contributed by atoms with Gasteiger partial charge >= 0.3 is 0 Å². The number of nitrogens with zero attached hydrogens (tertiary/aromatic N) is 3. The van der Waals surface area contributed by atoms with Crippen molar-refractivity contribution in [3.05, 3.63) is 59.4 Å². The van der Waals surface area contributed by atoms with Crippen LogP contribution in [0.5, 0.6) is 0 Å². The topological polar surface area (TPSA) is 57.1 Å². The van der Waals surface area contributed by atoms with Crippen LogP contribution in [0.15, 0.2) is 46.5 Å². The van der Waals surface area contributed by atoms with Crippen LogP contribution >= 0.6 is 11.8 Å². The number of halogens is 3. The summed E-state index contributed by atoms with van der Waals surface area (Å²) in [5, 5.41) is 8.27. The number of anilines is 1. The van der Waals surface area contributed by atoms with Gasteiger partial charge in [-0.05, 0) is 25.1 Å². The number of amidine groups is 1. The molecule has 4 rings (SSSR count). The summed E-state index contributed by atoms with van der Waals surface area (Å²) in [6, 6.07) is 9.49. The number of nitrogens with one attached hydrogen (secondary N) is 1. The Bertz CT molecular complexity index is 1010. The van der Waals surface area contributed by atoms with Crippen molar-refractivity contribution >= 4 is 40.4 Å². The van der Waals surface area contributed by atoms with Gasteiger partial charge in [0.05, 0.1) is 22.7 Å². The van der Waals surface area contributed by atoms with Crippen LogP contribution in [-0.4, -0.2) is 27.5 Å². The Hall–Kier alpha value is -2.81. The van der Waals surface area contributed by atoms with Crippen LogP contribution in [0.3, 0.4) is 0 Å². The lowest BCUT2D eigenvalue weighted by atomic mass is 10.0. The molecule has 0 spiro atoms. The molecular formula is C19H15F3N4OS. The molecule has 2 aromatic rings. The maximum atomic E-state index is 13.8.